The molecule has 0 unspecified atom stereocenters. The van der Waals surface area contributed by atoms with Crippen molar-refractivity contribution in [1.29, 1.82) is 0 Å². The molecule has 9 heteroatoms. The molecule has 0 saturated heterocycles. The van der Waals surface area contributed by atoms with Crippen LogP contribution in [0.3, 0.4) is 0 Å². The average Bonchev–Trinajstić information content (AvgIpc) is 3.06. The largest absolute Gasteiger partial charge is 0.381 e. The van der Waals surface area contributed by atoms with Crippen molar-refractivity contribution in [3.05, 3.63) is 70.5 Å². The molecule has 0 radical (unpaired) electrons. The highest BCUT2D eigenvalue weighted by Gasteiger charge is 2.24. The van der Waals surface area contributed by atoms with E-state index >= 15 is 0 Å². The monoisotopic (exact) mass is 413 g/mol. The molecule has 0 saturated carbocycles. The molecule has 0 aliphatic rings. The lowest BCUT2D eigenvalue weighted by Gasteiger charge is -2.12. The number of alkyl halides is 4. The molecule has 29 heavy (non-hydrogen) atoms. The van der Waals surface area contributed by atoms with Crippen molar-refractivity contribution < 1.29 is 26.3 Å². The second kappa shape index (κ2) is 8.18. The fourth-order valence-electron chi connectivity index (χ4n) is 3.08. The van der Waals surface area contributed by atoms with E-state index in [2.05, 4.69) is 10.4 Å². The van der Waals surface area contributed by atoms with E-state index in [9.17, 15) is 26.3 Å². The first-order valence-corrected chi connectivity index (χ1v) is 8.62. The lowest BCUT2D eigenvalue weighted by Crippen LogP contribution is -2.05. The maximum Gasteiger partial charge on any atom is 0.333 e. The Balaban J connectivity index is 1.87. The molecule has 0 spiro atoms. The van der Waals surface area contributed by atoms with Crippen LogP contribution >= 0.6 is 0 Å². The summed E-state index contributed by atoms with van der Waals surface area (Å²) in [4.78, 5) is 0. The van der Waals surface area contributed by atoms with E-state index in [-0.39, 0.29) is 22.5 Å². The molecule has 3 rings (SSSR count). The van der Waals surface area contributed by atoms with Crippen LogP contribution in [0.2, 0.25) is 0 Å². The third kappa shape index (κ3) is 4.38. The first-order valence-electron chi connectivity index (χ1n) is 8.62. The van der Waals surface area contributed by atoms with Gasteiger partial charge in [-0.1, -0.05) is 6.07 Å². The molecule has 0 bridgehead atoms. The molecule has 154 valence electrons. The molecule has 0 fully saturated rings. The molecule has 0 atom stereocenters. The van der Waals surface area contributed by atoms with Crippen molar-refractivity contribution in [3.8, 4) is 11.1 Å². The van der Waals surface area contributed by atoms with Gasteiger partial charge in [-0.15, -0.1) is 0 Å². The van der Waals surface area contributed by atoms with Gasteiger partial charge in [-0.3, -0.25) is 0 Å². The Bertz CT molecular complexity index is 1010. The Hall–Kier alpha value is -2.97. The zero-order valence-corrected chi connectivity index (χ0v) is 15.5. The van der Waals surface area contributed by atoms with Crippen LogP contribution in [0.25, 0.3) is 11.1 Å². The molecule has 1 N–H and O–H groups in total. The summed E-state index contributed by atoms with van der Waals surface area (Å²) in [6.45, 7) is 0.481. The minimum atomic E-state index is -3.14. The molecule has 1 aromatic heterocycles. The molecular weight excluding hydrogens is 396 g/mol. The summed E-state index contributed by atoms with van der Waals surface area (Å²) in [5, 5.41) is 6.02. The second-order valence-electron chi connectivity index (χ2n) is 6.58. The van der Waals surface area contributed by atoms with Crippen LogP contribution in [-0.2, 0) is 6.54 Å². The van der Waals surface area contributed by atoms with E-state index in [1.165, 1.54) is 18.2 Å². The zero-order valence-electron chi connectivity index (χ0n) is 15.5. The molecule has 3 aromatic rings. The van der Waals surface area contributed by atoms with Crippen molar-refractivity contribution in [2.24, 2.45) is 0 Å². The highest BCUT2D eigenvalue weighted by molar-refractivity contribution is 5.68. The predicted octanol–water partition coefficient (Wildman–Crippen LogP) is 6.39. The first kappa shape index (κ1) is 20.8. The Kier molecular flexibility index (Phi) is 5.86. The normalized spacial score (nSPS) is 11.5. The van der Waals surface area contributed by atoms with Crippen molar-refractivity contribution in [2.75, 3.05) is 5.32 Å². The number of hydrogen-bond acceptors (Lipinski definition) is 2. The van der Waals surface area contributed by atoms with Gasteiger partial charge in [0, 0.05) is 35.1 Å². The van der Waals surface area contributed by atoms with E-state index in [1.807, 2.05) is 6.07 Å². The van der Waals surface area contributed by atoms with E-state index < -0.39 is 35.9 Å². The van der Waals surface area contributed by atoms with Gasteiger partial charge < -0.3 is 5.32 Å². The summed E-state index contributed by atoms with van der Waals surface area (Å²) in [6, 6.07) is 6.83. The van der Waals surface area contributed by atoms with Gasteiger partial charge in [0.2, 0.25) is 0 Å². The number of nitrogens with zero attached hydrogens (tertiary/aromatic N) is 2. The zero-order chi connectivity index (χ0) is 21.3. The maximum atomic E-state index is 14.5. The smallest absolute Gasteiger partial charge is 0.333 e. The number of hydrogen-bond donors (Lipinski definition) is 1. The van der Waals surface area contributed by atoms with Gasteiger partial charge in [0.15, 0.2) is 0 Å². The average molecular weight is 413 g/mol. The second-order valence-corrected chi connectivity index (χ2v) is 6.58. The summed E-state index contributed by atoms with van der Waals surface area (Å²) in [5.74, 6) is -1.29. The van der Waals surface area contributed by atoms with Crippen LogP contribution in [0, 0.1) is 25.5 Å². The van der Waals surface area contributed by atoms with Crippen LogP contribution < -0.4 is 5.32 Å². The van der Waals surface area contributed by atoms with Crippen molar-refractivity contribution in [2.45, 2.75) is 33.4 Å². The molecular formula is C20H17F6N3. The van der Waals surface area contributed by atoms with Crippen LogP contribution in [0.4, 0.5) is 32.0 Å². The molecule has 0 amide bonds. The maximum absolute atomic E-state index is 14.5. The Labute approximate surface area is 163 Å². The lowest BCUT2D eigenvalue weighted by atomic mass is 10.0. The summed E-state index contributed by atoms with van der Waals surface area (Å²) in [7, 11) is 0. The topological polar surface area (TPSA) is 29.9 Å². The number of aryl methyl sites for hydroxylation is 2. The van der Waals surface area contributed by atoms with Gasteiger partial charge in [-0.25, -0.2) is 22.2 Å². The molecule has 0 aliphatic heterocycles. The van der Waals surface area contributed by atoms with Crippen LogP contribution in [-0.4, -0.2) is 9.78 Å². The number of nitrogens with one attached hydrogen (secondary N) is 1. The minimum Gasteiger partial charge on any atom is -0.381 e. The third-order valence-electron chi connectivity index (χ3n) is 4.46. The number of anilines is 1. The molecule has 1 heterocycles. The Morgan fingerprint density at radius 1 is 0.966 bits per heavy atom. The molecule has 3 nitrogen and oxygen atoms in total. The number of aromatic nitrogens is 2. The highest BCUT2D eigenvalue weighted by atomic mass is 19.3. The van der Waals surface area contributed by atoms with Crippen molar-refractivity contribution >= 4 is 5.69 Å². The lowest BCUT2D eigenvalue weighted by molar-refractivity contribution is 0.0537. The van der Waals surface area contributed by atoms with E-state index in [4.69, 9.17) is 0 Å². The fraction of sp³-hybridized carbons (Fsp3) is 0.250. The molecule has 0 aliphatic carbocycles. The predicted molar refractivity (Wildman–Crippen MR) is 97.0 cm³/mol. The molecule has 2 aromatic carbocycles. The summed E-state index contributed by atoms with van der Waals surface area (Å²) in [5.41, 5.74) is 0.581. The van der Waals surface area contributed by atoms with Crippen molar-refractivity contribution in [3.63, 3.8) is 0 Å². The first-order chi connectivity index (χ1) is 13.7. The van der Waals surface area contributed by atoms with Gasteiger partial charge >= 0.3 is 6.55 Å². The van der Waals surface area contributed by atoms with E-state index in [0.29, 0.717) is 11.8 Å². The summed E-state index contributed by atoms with van der Waals surface area (Å²) < 4.78 is 80.5. The highest BCUT2D eigenvalue weighted by Crippen LogP contribution is 2.34. The van der Waals surface area contributed by atoms with Gasteiger partial charge in [0.25, 0.3) is 6.43 Å². The minimum absolute atomic E-state index is 0.0609. The third-order valence-corrected chi connectivity index (χ3v) is 4.46. The summed E-state index contributed by atoms with van der Waals surface area (Å²) >= 11 is 0. The fourth-order valence-corrected chi connectivity index (χ4v) is 3.08. The van der Waals surface area contributed by atoms with Gasteiger partial charge in [0.05, 0.1) is 0 Å². The van der Waals surface area contributed by atoms with Gasteiger partial charge in [-0.2, -0.15) is 13.9 Å². The van der Waals surface area contributed by atoms with E-state index in [0.717, 1.165) is 17.2 Å². The summed E-state index contributed by atoms with van der Waals surface area (Å²) in [6.07, 6.45) is -2.46. The number of halogens is 6. The van der Waals surface area contributed by atoms with Crippen molar-refractivity contribution in [1.82, 2.24) is 9.78 Å². The Morgan fingerprint density at radius 2 is 1.69 bits per heavy atom. The number of rotatable bonds is 6. The standard InChI is InChI=1S/C20H17F6N3/c1-10-5-11(2)14(16(21)6-10)8-27-12-3-4-13(17(22)7-12)15-9-29(20(25)26)28-18(15)19(23)24/h3-7,9,19-20,27H,8H2,1-2H3. The van der Waals surface area contributed by atoms with Crippen LogP contribution in [0.5, 0.6) is 0 Å². The SMILES string of the molecule is Cc1cc(C)c(CNc2ccc(-c3cn(C(F)F)nc3C(F)F)c(F)c2)c(F)c1. The van der Waals surface area contributed by atoms with E-state index in [1.54, 1.807) is 13.8 Å². The van der Waals surface area contributed by atoms with Crippen LogP contribution in [0.1, 0.15) is 35.4 Å². The van der Waals surface area contributed by atoms with Gasteiger partial charge in [-0.05, 0) is 49.2 Å². The van der Waals surface area contributed by atoms with Crippen LogP contribution in [0.15, 0.2) is 36.5 Å². The Morgan fingerprint density at radius 3 is 2.28 bits per heavy atom. The number of benzene rings is 2. The van der Waals surface area contributed by atoms with Gasteiger partial charge in [0.1, 0.15) is 17.3 Å². The quantitative estimate of drug-likeness (QED) is 0.475.